The van der Waals surface area contributed by atoms with E-state index in [2.05, 4.69) is 5.32 Å². The number of ether oxygens (including phenoxy) is 3. The summed E-state index contributed by atoms with van der Waals surface area (Å²) in [4.78, 5) is 12.3. The summed E-state index contributed by atoms with van der Waals surface area (Å²) in [5.41, 5.74) is 2.81. The van der Waals surface area contributed by atoms with Gasteiger partial charge >= 0.3 is 0 Å². The van der Waals surface area contributed by atoms with Crippen LogP contribution in [0.25, 0.3) is 0 Å². The van der Waals surface area contributed by atoms with Gasteiger partial charge in [0.25, 0.3) is 5.91 Å². The van der Waals surface area contributed by atoms with Gasteiger partial charge in [-0.1, -0.05) is 13.8 Å². The van der Waals surface area contributed by atoms with Crippen molar-refractivity contribution in [1.29, 1.82) is 0 Å². The highest BCUT2D eigenvalue weighted by Gasteiger charge is 2.38. The molecule has 10 nitrogen and oxygen atoms in total. The lowest BCUT2D eigenvalue weighted by molar-refractivity contribution is -0.133. The molecule has 0 fully saturated rings. The number of carbonyl (C=O) groups is 1. The number of fused-ring (bicyclic) bond motifs is 1. The van der Waals surface area contributed by atoms with Crippen molar-refractivity contribution in [3.8, 4) is 17.2 Å². The van der Waals surface area contributed by atoms with E-state index in [4.69, 9.17) is 14.2 Å². The van der Waals surface area contributed by atoms with E-state index in [0.29, 0.717) is 22.9 Å². The molecular formula is C23H31N3O7S. The first kappa shape index (κ1) is 25.6. The van der Waals surface area contributed by atoms with Crippen LogP contribution in [0.3, 0.4) is 0 Å². The number of benzene rings is 2. The third-order valence-corrected chi connectivity index (χ3v) is 7.42. The first-order chi connectivity index (χ1) is 16.2. The molecule has 2 aromatic carbocycles. The Balaban J connectivity index is 1.85. The number of rotatable bonds is 9. The van der Waals surface area contributed by atoms with Gasteiger partial charge in [0.2, 0.25) is 10.0 Å². The average Bonchev–Trinajstić information content (AvgIpc) is 2.95. The smallest absolute Gasteiger partial charge is 0.261 e. The Morgan fingerprint density at radius 3 is 2.38 bits per heavy atom. The summed E-state index contributed by atoms with van der Waals surface area (Å²) in [6, 6.07) is 9.04. The maximum absolute atomic E-state index is 13.5. The van der Waals surface area contributed by atoms with E-state index in [1.165, 1.54) is 6.07 Å². The highest BCUT2D eigenvalue weighted by atomic mass is 32.2. The van der Waals surface area contributed by atoms with Gasteiger partial charge in [0, 0.05) is 25.2 Å². The normalized spacial score (nSPS) is 16.1. The highest BCUT2D eigenvalue weighted by molar-refractivity contribution is 7.89. The SMILES string of the molecule is COc1cc(COc2ccc3c(c2)NCCN([C@H](CC(C)C)C(=O)NO)S3(=O)=O)cc(OC)c1. The van der Waals surface area contributed by atoms with Crippen molar-refractivity contribution in [2.75, 3.05) is 32.6 Å². The van der Waals surface area contributed by atoms with Gasteiger partial charge in [-0.2, -0.15) is 4.31 Å². The third-order valence-electron chi connectivity index (χ3n) is 5.46. The number of hydrogen-bond acceptors (Lipinski definition) is 8. The third kappa shape index (κ3) is 5.72. The molecule has 0 aromatic heterocycles. The van der Waals surface area contributed by atoms with Crippen LogP contribution in [-0.4, -0.2) is 57.2 Å². The summed E-state index contributed by atoms with van der Waals surface area (Å²) in [5, 5.41) is 12.3. The van der Waals surface area contributed by atoms with Gasteiger partial charge in [-0.3, -0.25) is 10.0 Å². The minimum atomic E-state index is -4.01. The quantitative estimate of drug-likeness (QED) is 0.360. The second-order valence-corrected chi connectivity index (χ2v) is 10.2. The Morgan fingerprint density at radius 2 is 1.79 bits per heavy atom. The zero-order valence-electron chi connectivity index (χ0n) is 19.7. The molecular weight excluding hydrogens is 462 g/mol. The second-order valence-electron chi connectivity index (χ2n) is 8.33. The van der Waals surface area contributed by atoms with Crippen LogP contribution in [0.1, 0.15) is 25.8 Å². The Bertz CT molecular complexity index is 1100. The molecule has 1 amide bonds. The number of methoxy groups -OCH3 is 2. The molecule has 0 saturated carbocycles. The first-order valence-electron chi connectivity index (χ1n) is 10.9. The van der Waals surface area contributed by atoms with E-state index in [0.717, 1.165) is 9.87 Å². The van der Waals surface area contributed by atoms with E-state index in [-0.39, 0.29) is 36.9 Å². The fourth-order valence-corrected chi connectivity index (χ4v) is 5.58. The fourth-order valence-electron chi connectivity index (χ4n) is 3.83. The number of hydrogen-bond donors (Lipinski definition) is 3. The molecule has 186 valence electrons. The van der Waals surface area contributed by atoms with E-state index >= 15 is 0 Å². The van der Waals surface area contributed by atoms with Crippen LogP contribution in [-0.2, 0) is 21.4 Å². The number of nitrogens with zero attached hydrogens (tertiary/aromatic N) is 1. The molecule has 1 aliphatic heterocycles. The van der Waals surface area contributed by atoms with E-state index in [1.54, 1.807) is 37.9 Å². The Kier molecular flexibility index (Phi) is 8.24. The van der Waals surface area contributed by atoms with Crippen molar-refractivity contribution in [3.63, 3.8) is 0 Å². The van der Waals surface area contributed by atoms with Crippen molar-refractivity contribution in [2.24, 2.45) is 5.92 Å². The van der Waals surface area contributed by atoms with Crippen LogP contribution in [0.4, 0.5) is 5.69 Å². The van der Waals surface area contributed by atoms with Crippen molar-refractivity contribution in [3.05, 3.63) is 42.0 Å². The molecule has 0 radical (unpaired) electrons. The zero-order valence-corrected chi connectivity index (χ0v) is 20.5. The van der Waals surface area contributed by atoms with E-state index in [1.807, 2.05) is 26.0 Å². The summed E-state index contributed by atoms with van der Waals surface area (Å²) < 4.78 is 44.5. The molecule has 0 aliphatic carbocycles. The van der Waals surface area contributed by atoms with Gasteiger partial charge in [-0.05, 0) is 42.2 Å². The lowest BCUT2D eigenvalue weighted by Gasteiger charge is -2.29. The summed E-state index contributed by atoms with van der Waals surface area (Å²) >= 11 is 0. The van der Waals surface area contributed by atoms with Gasteiger partial charge in [-0.25, -0.2) is 13.9 Å². The minimum absolute atomic E-state index is 0.0409. The molecule has 1 heterocycles. The van der Waals surface area contributed by atoms with Crippen molar-refractivity contribution >= 4 is 21.6 Å². The molecule has 3 rings (SSSR count). The Labute approximate surface area is 199 Å². The number of hydroxylamine groups is 1. The first-order valence-corrected chi connectivity index (χ1v) is 12.3. The average molecular weight is 494 g/mol. The van der Waals surface area contributed by atoms with E-state index < -0.39 is 22.0 Å². The number of nitrogens with one attached hydrogen (secondary N) is 2. The maximum Gasteiger partial charge on any atom is 0.261 e. The molecule has 11 heteroatoms. The fraction of sp³-hybridized carbons (Fsp3) is 0.435. The van der Waals surface area contributed by atoms with Gasteiger partial charge in [0.05, 0.1) is 19.9 Å². The Hall–Kier alpha value is -3.02. The lowest BCUT2D eigenvalue weighted by Crippen LogP contribution is -2.50. The number of amides is 1. The van der Waals surface area contributed by atoms with Gasteiger partial charge in [0.15, 0.2) is 0 Å². The largest absolute Gasteiger partial charge is 0.497 e. The topological polar surface area (TPSA) is 126 Å². The molecule has 1 atom stereocenters. The van der Waals surface area contributed by atoms with Crippen LogP contribution in [0.5, 0.6) is 17.2 Å². The molecule has 34 heavy (non-hydrogen) atoms. The summed E-state index contributed by atoms with van der Waals surface area (Å²) in [5.74, 6) is 1.03. The molecule has 2 aromatic rings. The van der Waals surface area contributed by atoms with Gasteiger partial charge < -0.3 is 19.5 Å². The van der Waals surface area contributed by atoms with Crippen LogP contribution in [0.15, 0.2) is 41.3 Å². The van der Waals surface area contributed by atoms with Crippen LogP contribution in [0, 0.1) is 5.92 Å². The van der Waals surface area contributed by atoms with Crippen molar-refractivity contribution in [1.82, 2.24) is 9.79 Å². The molecule has 0 unspecified atom stereocenters. The number of sulfonamides is 1. The summed E-state index contributed by atoms with van der Waals surface area (Å²) in [6.45, 7) is 4.35. The molecule has 0 bridgehead atoms. The maximum atomic E-state index is 13.5. The number of anilines is 1. The second kappa shape index (κ2) is 10.9. The van der Waals surface area contributed by atoms with Crippen molar-refractivity contribution in [2.45, 2.75) is 37.8 Å². The molecule has 0 saturated heterocycles. The Morgan fingerprint density at radius 1 is 1.12 bits per heavy atom. The van der Waals surface area contributed by atoms with Gasteiger partial charge in [-0.15, -0.1) is 0 Å². The monoisotopic (exact) mass is 493 g/mol. The summed E-state index contributed by atoms with van der Waals surface area (Å²) in [6.07, 6.45) is 0.270. The van der Waals surface area contributed by atoms with Crippen LogP contribution < -0.4 is 25.0 Å². The standard InChI is InChI=1S/C23H31N3O7S/c1-15(2)9-21(23(27)25-28)26-8-7-24-20-13-17(5-6-22(20)34(26,29)30)33-14-16-10-18(31-3)12-19(11-16)32-4/h5-6,10-13,15,21,24,28H,7-9,14H2,1-4H3,(H,25,27)/t21-/m1/s1. The van der Waals surface area contributed by atoms with E-state index in [9.17, 15) is 18.4 Å². The van der Waals surface area contributed by atoms with Crippen LogP contribution in [0.2, 0.25) is 0 Å². The van der Waals surface area contributed by atoms with Gasteiger partial charge in [0.1, 0.15) is 34.8 Å². The lowest BCUT2D eigenvalue weighted by atomic mass is 10.0. The zero-order chi connectivity index (χ0) is 24.9. The molecule has 0 spiro atoms. The van der Waals surface area contributed by atoms with Crippen molar-refractivity contribution < 1.29 is 32.6 Å². The predicted octanol–water partition coefficient (Wildman–Crippen LogP) is 2.62. The predicted molar refractivity (Wildman–Crippen MR) is 126 cm³/mol. The molecule has 3 N–H and O–H groups in total. The van der Waals surface area contributed by atoms with Crippen LogP contribution >= 0.6 is 0 Å². The highest BCUT2D eigenvalue weighted by Crippen LogP contribution is 2.33. The summed E-state index contributed by atoms with van der Waals surface area (Å²) in [7, 11) is -0.878. The number of carbonyl (C=O) groups excluding carboxylic acids is 1. The molecule has 1 aliphatic rings. The minimum Gasteiger partial charge on any atom is -0.497 e.